The number of urea groups is 1. The molecule has 1 saturated heterocycles. The second kappa shape index (κ2) is 7.61. The van der Waals surface area contributed by atoms with Gasteiger partial charge in [0.2, 0.25) is 0 Å². The zero-order chi connectivity index (χ0) is 21.7. The second-order valence-electron chi connectivity index (χ2n) is 10.1. The van der Waals surface area contributed by atoms with E-state index in [0.717, 1.165) is 45.8 Å². The highest BCUT2D eigenvalue weighted by Gasteiger charge is 2.54. The Morgan fingerprint density at radius 3 is 2.57 bits per heavy atom. The zero-order valence-electron chi connectivity index (χ0n) is 18.6. The molecule has 3 amide bonds. The summed E-state index contributed by atoms with van der Waals surface area (Å²) in [4.78, 5) is 33.3. The number of fused-ring (bicyclic) bond motifs is 1. The van der Waals surface area contributed by atoms with Gasteiger partial charge in [0, 0.05) is 0 Å². The Morgan fingerprint density at radius 2 is 1.93 bits per heavy atom. The molecule has 2 aromatic rings. The van der Waals surface area contributed by atoms with Crippen molar-refractivity contribution in [3.05, 3.63) is 29.3 Å². The van der Waals surface area contributed by atoms with Gasteiger partial charge in [-0.25, -0.2) is 14.7 Å². The predicted molar refractivity (Wildman–Crippen MR) is 119 cm³/mol. The van der Waals surface area contributed by atoms with Crippen LogP contribution in [0.3, 0.4) is 0 Å². The van der Waals surface area contributed by atoms with Gasteiger partial charge in [0.05, 0.1) is 17.3 Å². The number of benzene rings is 1. The van der Waals surface area contributed by atoms with Crippen LogP contribution in [0.2, 0.25) is 0 Å². The molecule has 0 radical (unpaired) electrons. The van der Waals surface area contributed by atoms with Gasteiger partial charge in [-0.2, -0.15) is 0 Å². The zero-order valence-corrected chi connectivity index (χ0v) is 19.4. The number of nitrogens with zero attached hydrogens (tertiary/aromatic N) is 2. The smallest absolute Gasteiger partial charge is 0.323 e. The molecule has 30 heavy (non-hydrogen) atoms. The maximum absolute atomic E-state index is 13.3. The first-order valence-electron chi connectivity index (χ1n) is 10.9. The quantitative estimate of drug-likeness (QED) is 0.733. The van der Waals surface area contributed by atoms with Crippen molar-refractivity contribution >= 4 is 33.5 Å². The first-order valence-corrected chi connectivity index (χ1v) is 11.7. The highest BCUT2D eigenvalue weighted by molar-refractivity contribution is 7.18. The summed E-state index contributed by atoms with van der Waals surface area (Å²) in [7, 11) is 2.03. The van der Waals surface area contributed by atoms with Gasteiger partial charge in [-0.05, 0) is 56.1 Å². The normalized spacial score (nSPS) is 27.0. The van der Waals surface area contributed by atoms with Crippen molar-refractivity contribution in [3.63, 3.8) is 0 Å². The lowest BCUT2D eigenvalue weighted by molar-refractivity contribution is -0.917. The number of rotatable bonds is 4. The Labute approximate surface area is 182 Å². The van der Waals surface area contributed by atoms with E-state index in [0.29, 0.717) is 12.6 Å². The van der Waals surface area contributed by atoms with Crippen molar-refractivity contribution < 1.29 is 14.5 Å². The molecule has 2 fully saturated rings. The summed E-state index contributed by atoms with van der Waals surface area (Å²) in [5, 5.41) is 4.09. The third kappa shape index (κ3) is 3.73. The van der Waals surface area contributed by atoms with Gasteiger partial charge in [-0.15, -0.1) is 11.3 Å². The summed E-state index contributed by atoms with van der Waals surface area (Å²) in [6.45, 7) is 9.25. The van der Waals surface area contributed by atoms with Crippen LogP contribution in [-0.4, -0.2) is 41.1 Å². The second-order valence-corrected chi connectivity index (χ2v) is 11.2. The van der Waals surface area contributed by atoms with Gasteiger partial charge < -0.3 is 10.2 Å². The third-order valence-electron chi connectivity index (χ3n) is 7.14. The number of para-hydroxylation sites is 1. The average molecular weight is 430 g/mol. The number of hydrogen-bond acceptors (Lipinski definition) is 4. The third-order valence-corrected chi connectivity index (χ3v) is 8.36. The van der Waals surface area contributed by atoms with E-state index in [1.165, 1.54) is 4.90 Å². The van der Waals surface area contributed by atoms with Crippen molar-refractivity contribution in [1.29, 1.82) is 0 Å². The summed E-state index contributed by atoms with van der Waals surface area (Å²) in [6, 6.07) is 7.96. The summed E-state index contributed by atoms with van der Waals surface area (Å²) < 4.78 is 1.16. The lowest BCUT2D eigenvalue weighted by Gasteiger charge is -2.40. The van der Waals surface area contributed by atoms with E-state index in [4.69, 9.17) is 4.98 Å². The molecular weight excluding hydrogens is 396 g/mol. The van der Waals surface area contributed by atoms with Gasteiger partial charge in [0.25, 0.3) is 5.91 Å². The van der Waals surface area contributed by atoms with E-state index in [2.05, 4.69) is 39.1 Å². The minimum absolute atomic E-state index is 0.0456. The Kier molecular flexibility index (Phi) is 5.39. The van der Waals surface area contributed by atoms with Crippen molar-refractivity contribution in [2.45, 2.75) is 65.0 Å². The van der Waals surface area contributed by atoms with Crippen molar-refractivity contribution in [3.8, 4) is 0 Å². The van der Waals surface area contributed by atoms with Crippen LogP contribution in [0.15, 0.2) is 24.3 Å². The molecule has 1 saturated carbocycles. The molecule has 1 aromatic heterocycles. The molecule has 1 aromatic carbocycles. The number of nitrogens with one attached hydrogen (secondary N) is 2. The van der Waals surface area contributed by atoms with E-state index in [1.54, 1.807) is 11.3 Å². The standard InChI is InChI=1S/C23H32N4O2S/c1-15(19-24-17-8-6-7-9-18(17)30-19)26(5)14-27-20(28)23(25-21(27)29)12-10-16(11-13-23)22(2,3)4/h6-9,15-16H,10-14H2,1-5H3,(H,25,29)/p+1/t15-,16?,23?/m0/s1. The fraction of sp³-hybridized carbons (Fsp3) is 0.609. The van der Waals surface area contributed by atoms with Gasteiger partial charge in [-0.1, -0.05) is 32.9 Å². The number of aromatic nitrogens is 1. The van der Waals surface area contributed by atoms with Gasteiger partial charge in [0.15, 0.2) is 11.7 Å². The van der Waals surface area contributed by atoms with Crippen molar-refractivity contribution in [1.82, 2.24) is 15.2 Å². The van der Waals surface area contributed by atoms with E-state index >= 15 is 0 Å². The first kappa shape index (κ1) is 21.2. The fourth-order valence-corrected chi connectivity index (χ4v) is 5.92. The molecule has 2 heterocycles. The molecule has 1 unspecified atom stereocenters. The molecule has 6 nitrogen and oxygen atoms in total. The Balaban J connectivity index is 1.44. The highest BCUT2D eigenvalue weighted by Crippen LogP contribution is 2.43. The molecule has 162 valence electrons. The number of imide groups is 1. The van der Waals surface area contributed by atoms with E-state index in [1.807, 2.05) is 25.2 Å². The van der Waals surface area contributed by atoms with E-state index in [9.17, 15) is 9.59 Å². The number of amides is 3. The fourth-order valence-electron chi connectivity index (χ4n) is 4.81. The molecule has 1 aliphatic heterocycles. The summed E-state index contributed by atoms with van der Waals surface area (Å²) in [6.07, 6.45) is 3.44. The molecule has 2 N–H and O–H groups in total. The van der Waals surface area contributed by atoms with Crippen LogP contribution in [-0.2, 0) is 4.79 Å². The summed E-state index contributed by atoms with van der Waals surface area (Å²) in [5.41, 5.74) is 0.545. The van der Waals surface area contributed by atoms with Crippen molar-refractivity contribution in [2.24, 2.45) is 11.3 Å². The topological polar surface area (TPSA) is 66.7 Å². The average Bonchev–Trinajstić information content (AvgIpc) is 3.22. The lowest BCUT2D eigenvalue weighted by atomic mass is 9.67. The first-order chi connectivity index (χ1) is 14.1. The minimum atomic E-state index is -0.696. The van der Waals surface area contributed by atoms with E-state index in [-0.39, 0.29) is 23.4 Å². The molecule has 0 bridgehead atoms. The summed E-state index contributed by atoms with van der Waals surface area (Å²) >= 11 is 1.68. The predicted octanol–water partition coefficient (Wildman–Crippen LogP) is 3.36. The van der Waals surface area contributed by atoms with Crippen LogP contribution >= 0.6 is 11.3 Å². The number of hydrogen-bond donors (Lipinski definition) is 2. The number of thiazole rings is 1. The molecular formula is C23H33N4O2S+. The monoisotopic (exact) mass is 429 g/mol. The van der Waals surface area contributed by atoms with Crippen LogP contribution in [0.25, 0.3) is 10.2 Å². The molecule has 4 rings (SSSR count). The van der Waals surface area contributed by atoms with Crippen LogP contribution < -0.4 is 10.2 Å². The minimum Gasteiger partial charge on any atom is -0.323 e. The van der Waals surface area contributed by atoms with Gasteiger partial charge >= 0.3 is 6.03 Å². The Bertz CT molecular complexity index is 923. The largest absolute Gasteiger partial charge is 0.329 e. The molecule has 1 spiro atoms. The van der Waals surface area contributed by atoms with Gasteiger partial charge in [-0.3, -0.25) is 4.79 Å². The SMILES string of the molecule is C[C@@H](c1nc2ccccc2s1)[NH+](C)CN1C(=O)NC2(CCC(C(C)(C)C)CC2)C1=O. The Morgan fingerprint density at radius 1 is 1.27 bits per heavy atom. The lowest BCUT2D eigenvalue weighted by Crippen LogP contribution is -3.10. The van der Waals surface area contributed by atoms with Crippen LogP contribution in [0.4, 0.5) is 4.79 Å². The number of carbonyl (C=O) groups excluding carboxylic acids is 2. The summed E-state index contributed by atoms with van der Waals surface area (Å²) in [5.74, 6) is 0.546. The highest BCUT2D eigenvalue weighted by atomic mass is 32.1. The maximum Gasteiger partial charge on any atom is 0.329 e. The number of carbonyl (C=O) groups is 2. The van der Waals surface area contributed by atoms with Crippen LogP contribution in [0.5, 0.6) is 0 Å². The van der Waals surface area contributed by atoms with Crippen LogP contribution in [0, 0.1) is 11.3 Å². The molecule has 7 heteroatoms. The molecule has 1 aliphatic carbocycles. The maximum atomic E-state index is 13.3. The van der Waals surface area contributed by atoms with E-state index < -0.39 is 5.54 Å². The number of quaternary nitrogens is 1. The molecule has 2 atom stereocenters. The van der Waals surface area contributed by atoms with Crippen LogP contribution in [0.1, 0.15) is 64.4 Å². The Hall–Kier alpha value is -1.99. The van der Waals surface area contributed by atoms with Crippen molar-refractivity contribution in [2.75, 3.05) is 13.7 Å². The van der Waals surface area contributed by atoms with Gasteiger partial charge in [0.1, 0.15) is 11.6 Å². The molecule has 2 aliphatic rings.